The van der Waals surface area contributed by atoms with Crippen LogP contribution < -0.4 is 0 Å². The van der Waals surface area contributed by atoms with Crippen LogP contribution in [0.3, 0.4) is 0 Å². The topological polar surface area (TPSA) is 43.6 Å². The lowest BCUT2D eigenvalue weighted by Gasteiger charge is -2.16. The van der Waals surface area contributed by atoms with Crippen LogP contribution in [0, 0.1) is 20.8 Å². The zero-order valence-corrected chi connectivity index (χ0v) is 30.9. The maximum absolute atomic E-state index is 13.7. The molecule has 0 amide bonds. The molecule has 0 bridgehead atoms. The standard InChI is InChI=1S/C49H35F3N4/c1-30-26-31(2)45(32(3)27-30)36-20-25-44-41(28-36)40-16-10-11-17-43(40)56(44)38-23-24-39(33-18-21-37(22-19-33)49(50,51)52)42(29-38)48-54-46(34-12-6-4-7-13-34)53-47(55-48)35-14-8-5-9-15-35/h4-29H,1-3H3. The second kappa shape index (κ2) is 13.8. The molecule has 9 aromatic rings. The van der Waals surface area contributed by atoms with Gasteiger partial charge in [-0.1, -0.05) is 121 Å². The molecule has 0 aliphatic heterocycles. The minimum absolute atomic E-state index is 0.405. The number of alkyl halides is 3. The molecule has 4 nitrogen and oxygen atoms in total. The Morgan fingerprint density at radius 1 is 0.446 bits per heavy atom. The summed E-state index contributed by atoms with van der Waals surface area (Å²) in [6, 6.07) is 50.1. The summed E-state index contributed by atoms with van der Waals surface area (Å²) < 4.78 is 43.3. The summed E-state index contributed by atoms with van der Waals surface area (Å²) in [5, 5.41) is 2.22. The van der Waals surface area contributed by atoms with Gasteiger partial charge in [-0.15, -0.1) is 0 Å². The van der Waals surface area contributed by atoms with E-state index in [-0.39, 0.29) is 0 Å². The van der Waals surface area contributed by atoms with E-state index < -0.39 is 11.7 Å². The van der Waals surface area contributed by atoms with Crippen molar-refractivity contribution in [3.8, 4) is 62.1 Å². The Hall–Kier alpha value is -6.86. The average Bonchev–Trinajstić information content (AvgIpc) is 3.54. The van der Waals surface area contributed by atoms with Crippen molar-refractivity contribution >= 4 is 21.8 Å². The van der Waals surface area contributed by atoms with Gasteiger partial charge in [-0.2, -0.15) is 13.2 Å². The number of aromatic nitrogens is 4. The van der Waals surface area contributed by atoms with E-state index >= 15 is 0 Å². The van der Waals surface area contributed by atoms with Crippen LogP contribution in [0.4, 0.5) is 13.2 Å². The maximum atomic E-state index is 13.7. The maximum Gasteiger partial charge on any atom is 0.416 e. The number of rotatable bonds is 6. The molecule has 0 atom stereocenters. The number of aryl methyl sites for hydroxylation is 3. The van der Waals surface area contributed by atoms with Crippen molar-refractivity contribution in [3.05, 3.63) is 180 Å². The third-order valence-corrected chi connectivity index (χ3v) is 10.4. The van der Waals surface area contributed by atoms with E-state index in [1.807, 2.05) is 84.9 Å². The summed E-state index contributed by atoms with van der Waals surface area (Å²) in [5.74, 6) is 1.39. The number of para-hydroxylation sites is 1. The van der Waals surface area contributed by atoms with Gasteiger partial charge in [0.1, 0.15) is 0 Å². The van der Waals surface area contributed by atoms with Gasteiger partial charge in [-0.3, -0.25) is 0 Å². The first-order valence-electron chi connectivity index (χ1n) is 18.4. The molecule has 9 rings (SSSR count). The van der Waals surface area contributed by atoms with Gasteiger partial charge >= 0.3 is 6.18 Å². The average molecular weight is 737 g/mol. The summed E-state index contributed by atoms with van der Waals surface area (Å²) in [7, 11) is 0. The highest BCUT2D eigenvalue weighted by Gasteiger charge is 2.30. The molecule has 0 radical (unpaired) electrons. The molecule has 7 heteroatoms. The predicted octanol–water partition coefficient (Wildman–Crippen LogP) is 13.2. The largest absolute Gasteiger partial charge is 0.416 e. The Kier molecular flexibility index (Phi) is 8.58. The highest BCUT2D eigenvalue weighted by atomic mass is 19.4. The summed E-state index contributed by atoms with van der Waals surface area (Å²) >= 11 is 0. The molecule has 0 saturated heterocycles. The molecule has 0 saturated carbocycles. The minimum atomic E-state index is -4.46. The Morgan fingerprint density at radius 3 is 1.62 bits per heavy atom. The van der Waals surface area contributed by atoms with E-state index in [0.29, 0.717) is 34.2 Å². The third kappa shape index (κ3) is 6.31. The Labute approximate surface area is 322 Å². The first-order chi connectivity index (χ1) is 27.1. The first-order valence-corrected chi connectivity index (χ1v) is 18.4. The van der Waals surface area contributed by atoms with Crippen LogP contribution in [0.2, 0.25) is 0 Å². The molecule has 7 aromatic carbocycles. The predicted molar refractivity (Wildman–Crippen MR) is 221 cm³/mol. The molecular formula is C49H35F3N4. The Bertz CT molecular complexity index is 2830. The number of hydrogen-bond donors (Lipinski definition) is 0. The highest BCUT2D eigenvalue weighted by Crippen LogP contribution is 2.40. The van der Waals surface area contributed by atoms with Gasteiger partial charge in [0.25, 0.3) is 0 Å². The third-order valence-electron chi connectivity index (χ3n) is 10.4. The van der Waals surface area contributed by atoms with E-state index in [1.165, 1.54) is 34.4 Å². The number of nitrogens with zero attached hydrogens (tertiary/aromatic N) is 4. The van der Waals surface area contributed by atoms with E-state index in [1.54, 1.807) is 0 Å². The SMILES string of the molecule is Cc1cc(C)c(-c2ccc3c(c2)c2ccccc2n3-c2ccc(-c3ccc(C(F)(F)F)cc3)c(-c3nc(-c4ccccc4)nc(-c4ccccc4)n3)c2)c(C)c1. The molecule has 0 unspecified atom stereocenters. The van der Waals surface area contributed by atoms with Crippen LogP contribution in [0.15, 0.2) is 158 Å². The molecule has 2 aromatic heterocycles. The molecule has 0 fully saturated rings. The number of halogens is 3. The summed E-state index contributed by atoms with van der Waals surface area (Å²) in [4.78, 5) is 15.0. The molecule has 272 valence electrons. The van der Waals surface area contributed by atoms with Gasteiger partial charge in [-0.25, -0.2) is 15.0 Å². The van der Waals surface area contributed by atoms with E-state index in [0.717, 1.165) is 56.3 Å². The number of fused-ring (bicyclic) bond motifs is 3. The van der Waals surface area contributed by atoms with Gasteiger partial charge in [0.2, 0.25) is 0 Å². The van der Waals surface area contributed by atoms with Gasteiger partial charge in [0.05, 0.1) is 16.6 Å². The second-order valence-electron chi connectivity index (χ2n) is 14.2. The normalized spacial score (nSPS) is 11.8. The summed E-state index contributed by atoms with van der Waals surface area (Å²) in [5.41, 5.74) is 11.9. The molecule has 2 heterocycles. The van der Waals surface area contributed by atoms with E-state index in [9.17, 15) is 13.2 Å². The van der Waals surface area contributed by atoms with Gasteiger partial charge < -0.3 is 4.57 Å². The molecule has 0 spiro atoms. The van der Waals surface area contributed by atoms with Crippen molar-refractivity contribution in [2.75, 3.05) is 0 Å². The minimum Gasteiger partial charge on any atom is -0.309 e. The summed E-state index contributed by atoms with van der Waals surface area (Å²) in [6.07, 6.45) is -4.46. The fourth-order valence-corrected chi connectivity index (χ4v) is 7.92. The molecule has 0 N–H and O–H groups in total. The Morgan fingerprint density at radius 2 is 1.00 bits per heavy atom. The van der Waals surface area contributed by atoms with Crippen LogP contribution >= 0.6 is 0 Å². The van der Waals surface area contributed by atoms with Crippen LogP contribution in [-0.4, -0.2) is 19.5 Å². The van der Waals surface area contributed by atoms with Crippen molar-refractivity contribution in [1.82, 2.24) is 19.5 Å². The quantitative estimate of drug-likeness (QED) is 0.171. The molecular weight excluding hydrogens is 702 g/mol. The fourth-order valence-electron chi connectivity index (χ4n) is 7.92. The lowest BCUT2D eigenvalue weighted by molar-refractivity contribution is -0.137. The van der Waals surface area contributed by atoms with Crippen LogP contribution in [0.5, 0.6) is 0 Å². The fraction of sp³-hybridized carbons (Fsp3) is 0.0816. The monoisotopic (exact) mass is 736 g/mol. The van der Waals surface area contributed by atoms with Crippen molar-refractivity contribution in [1.29, 1.82) is 0 Å². The van der Waals surface area contributed by atoms with Crippen LogP contribution in [0.1, 0.15) is 22.3 Å². The molecule has 0 aliphatic rings. The van der Waals surface area contributed by atoms with Gasteiger partial charge in [-0.05, 0) is 96.6 Å². The highest BCUT2D eigenvalue weighted by molar-refractivity contribution is 6.10. The Balaban J connectivity index is 1.30. The zero-order valence-electron chi connectivity index (χ0n) is 30.9. The number of hydrogen-bond acceptors (Lipinski definition) is 3. The van der Waals surface area contributed by atoms with Gasteiger partial charge in [0.15, 0.2) is 17.5 Å². The van der Waals surface area contributed by atoms with Crippen LogP contribution in [0.25, 0.3) is 83.9 Å². The van der Waals surface area contributed by atoms with Crippen molar-refractivity contribution < 1.29 is 13.2 Å². The molecule has 56 heavy (non-hydrogen) atoms. The molecule has 0 aliphatic carbocycles. The summed E-state index contributed by atoms with van der Waals surface area (Å²) in [6.45, 7) is 6.45. The lowest BCUT2D eigenvalue weighted by Crippen LogP contribution is -2.04. The van der Waals surface area contributed by atoms with E-state index in [2.05, 4.69) is 73.9 Å². The number of benzene rings is 7. The van der Waals surface area contributed by atoms with Crippen LogP contribution in [-0.2, 0) is 6.18 Å². The van der Waals surface area contributed by atoms with Crippen molar-refractivity contribution in [2.24, 2.45) is 0 Å². The van der Waals surface area contributed by atoms with Crippen molar-refractivity contribution in [3.63, 3.8) is 0 Å². The first kappa shape index (κ1) is 34.9. The van der Waals surface area contributed by atoms with E-state index in [4.69, 9.17) is 15.0 Å². The van der Waals surface area contributed by atoms with Crippen molar-refractivity contribution in [2.45, 2.75) is 26.9 Å². The van der Waals surface area contributed by atoms with Gasteiger partial charge in [0, 0.05) is 33.2 Å². The zero-order chi connectivity index (χ0) is 38.6. The lowest BCUT2D eigenvalue weighted by atomic mass is 9.93. The second-order valence-corrected chi connectivity index (χ2v) is 14.2. The smallest absolute Gasteiger partial charge is 0.309 e.